The Morgan fingerprint density at radius 1 is 0.778 bits per heavy atom. The number of halogens is 8. The second kappa shape index (κ2) is 5.62. The van der Waals surface area contributed by atoms with Crippen molar-refractivity contribution in [2.45, 2.75) is 24.7 Å². The summed E-state index contributed by atoms with van der Waals surface area (Å²) in [6.45, 7) is -0.351. The van der Waals surface area contributed by atoms with Gasteiger partial charge in [0, 0.05) is 12.8 Å². The second-order valence-electron chi connectivity index (χ2n) is 4.47. The second-order valence-corrected chi connectivity index (χ2v) is 4.47. The Bertz CT molecular complexity index is 245. The van der Waals surface area contributed by atoms with Crippen LogP contribution in [0.25, 0.3) is 0 Å². The fraction of sp³-hybridized carbons (Fsp3) is 1.00. The highest BCUT2D eigenvalue weighted by Gasteiger charge is 2.70. The monoisotopic (exact) mass is 285 g/mol. The van der Waals surface area contributed by atoms with Gasteiger partial charge in [0.15, 0.2) is 13.1 Å². The summed E-state index contributed by atoms with van der Waals surface area (Å²) in [5.74, 6) is -7.59. The zero-order valence-electron chi connectivity index (χ0n) is 9.29. The first kappa shape index (κ1) is 17.5. The van der Waals surface area contributed by atoms with Crippen LogP contribution in [0.5, 0.6) is 0 Å². The Labute approximate surface area is 99.1 Å². The number of quaternary nitrogens is 1. The molecule has 0 bridgehead atoms. The summed E-state index contributed by atoms with van der Waals surface area (Å²) < 4.78 is 80.3. The van der Waals surface area contributed by atoms with Gasteiger partial charge in [-0.3, -0.25) is 12.9 Å². The lowest BCUT2D eigenvalue weighted by atomic mass is 10.2. The largest absolute Gasteiger partial charge is 1.00 e. The fourth-order valence-electron chi connectivity index (χ4n) is 2.45. The fourth-order valence-corrected chi connectivity index (χ4v) is 2.45. The van der Waals surface area contributed by atoms with Crippen LogP contribution >= 0.6 is 0 Å². The minimum Gasteiger partial charge on any atom is -1.00 e. The smallest absolute Gasteiger partial charge is 0.762 e. The van der Waals surface area contributed by atoms with E-state index in [1.807, 2.05) is 0 Å². The molecule has 1 spiro atoms. The lowest BCUT2D eigenvalue weighted by Gasteiger charge is -2.27. The molecule has 0 unspecified atom stereocenters. The van der Waals surface area contributed by atoms with Crippen molar-refractivity contribution >= 4 is 7.54 Å². The van der Waals surface area contributed by atoms with Gasteiger partial charge in [-0.2, -0.15) is 17.6 Å². The minimum absolute atomic E-state index is 0. The molecule has 0 aliphatic carbocycles. The summed E-state index contributed by atoms with van der Waals surface area (Å²) in [5, 5.41) is 0. The van der Waals surface area contributed by atoms with E-state index in [1.54, 1.807) is 0 Å². The van der Waals surface area contributed by atoms with Gasteiger partial charge in [-0.25, -0.2) is 0 Å². The Morgan fingerprint density at radius 3 is 1.33 bits per heavy atom. The molecule has 2 fully saturated rings. The number of nitrogens with zero attached hydrogens (tertiary/aromatic N) is 1. The molecule has 0 saturated carbocycles. The summed E-state index contributed by atoms with van der Waals surface area (Å²) in [5.41, 5.74) is 0. The lowest BCUT2D eigenvalue weighted by molar-refractivity contribution is -0.910. The zero-order valence-corrected chi connectivity index (χ0v) is 9.29. The van der Waals surface area contributed by atoms with Gasteiger partial charge in [-0.15, -0.1) is 0 Å². The molecular weight excluding hydrogens is 273 g/mol. The highest BCUT2D eigenvalue weighted by molar-refractivity contribution is 6.33. The van der Waals surface area contributed by atoms with Crippen LogP contribution in [0.2, 0.25) is 0 Å². The van der Waals surface area contributed by atoms with E-state index in [4.69, 9.17) is 0 Å². The van der Waals surface area contributed by atoms with E-state index >= 15 is 0 Å². The quantitative estimate of drug-likeness (QED) is 0.327. The molecule has 2 aliphatic rings. The van der Waals surface area contributed by atoms with Crippen LogP contribution < -0.4 is 4.70 Å². The molecule has 0 aromatic heterocycles. The van der Waals surface area contributed by atoms with Crippen molar-refractivity contribution in [3.8, 4) is 0 Å². The molecule has 0 atom stereocenters. The van der Waals surface area contributed by atoms with Gasteiger partial charge in [-0.05, 0) is 0 Å². The van der Waals surface area contributed by atoms with Gasteiger partial charge < -0.3 is 9.19 Å². The first-order valence-electron chi connectivity index (χ1n) is 5.13. The van der Waals surface area contributed by atoms with Crippen molar-refractivity contribution in [3.05, 3.63) is 0 Å². The summed E-state index contributed by atoms with van der Waals surface area (Å²) in [4.78, 5) is 0. The number of alkyl halides is 4. The van der Waals surface area contributed by atoms with Gasteiger partial charge in [0.25, 0.3) is 0 Å². The first-order chi connectivity index (χ1) is 7.60. The topological polar surface area (TPSA) is 0 Å². The summed E-state index contributed by atoms with van der Waals surface area (Å²) >= 11 is 0. The van der Waals surface area contributed by atoms with Crippen molar-refractivity contribution in [2.75, 3.05) is 26.2 Å². The Morgan fingerprint density at radius 2 is 1.06 bits per heavy atom. The highest BCUT2D eigenvalue weighted by Crippen LogP contribution is 2.46. The van der Waals surface area contributed by atoms with Crippen LogP contribution in [0, 0.1) is 0 Å². The van der Waals surface area contributed by atoms with E-state index in [0.29, 0.717) is 13.1 Å². The third-order valence-corrected chi connectivity index (χ3v) is 3.12. The van der Waals surface area contributed by atoms with Gasteiger partial charge in [0.05, 0.1) is 13.1 Å². The summed E-state index contributed by atoms with van der Waals surface area (Å²) in [6, 6.07) is 0. The maximum Gasteiger partial charge on any atom is 0.762 e. The number of rotatable bonds is 0. The van der Waals surface area contributed by atoms with Gasteiger partial charge >= 0.3 is 19.4 Å². The maximum absolute atomic E-state index is 12.9. The molecule has 0 aromatic carbocycles. The van der Waals surface area contributed by atoms with E-state index in [2.05, 4.69) is 0 Å². The van der Waals surface area contributed by atoms with Crippen LogP contribution in [0.4, 0.5) is 30.5 Å². The van der Waals surface area contributed by atoms with Crippen LogP contribution in [0.1, 0.15) is 12.8 Å². The predicted molar refractivity (Wildman–Crippen MR) is 47.9 cm³/mol. The van der Waals surface area contributed by atoms with E-state index in [0.717, 1.165) is 12.8 Å². The van der Waals surface area contributed by atoms with Crippen molar-refractivity contribution < 1.29 is 39.7 Å². The summed E-state index contributed by atoms with van der Waals surface area (Å²) in [7, 11) is -3.67. The van der Waals surface area contributed by atoms with E-state index < -0.39 is 32.5 Å². The molecule has 0 radical (unpaired) electrons. The molecule has 2 heterocycles. The minimum atomic E-state index is -3.79. The molecule has 108 valence electrons. The predicted octanol–water partition coefficient (Wildman–Crippen LogP) is -0.235. The van der Waals surface area contributed by atoms with Gasteiger partial charge in [0.2, 0.25) is 0 Å². The van der Waals surface area contributed by atoms with Crippen molar-refractivity contribution in [3.63, 3.8) is 0 Å². The Hall–Kier alpha value is -0.535. The Balaban J connectivity index is 0.000000512. The maximum atomic E-state index is 12.9. The average Bonchev–Trinajstić information content (AvgIpc) is 2.55. The highest BCUT2D eigenvalue weighted by atomic mass is 19.4. The molecule has 18 heavy (non-hydrogen) atoms. The zero-order chi connectivity index (χ0) is 13.3. The SMILES string of the molecule is FB(F)F.FC1(F)C[N+]2(CCCC2)CC1(F)F.[F-]. The molecule has 10 heteroatoms. The van der Waals surface area contributed by atoms with Crippen molar-refractivity contribution in [2.24, 2.45) is 0 Å². The molecule has 0 amide bonds. The van der Waals surface area contributed by atoms with E-state index in [-0.39, 0.29) is 9.19 Å². The van der Waals surface area contributed by atoms with Crippen molar-refractivity contribution in [1.29, 1.82) is 0 Å². The van der Waals surface area contributed by atoms with Crippen molar-refractivity contribution in [1.82, 2.24) is 0 Å². The third-order valence-electron chi connectivity index (χ3n) is 3.12. The number of hydrogen-bond donors (Lipinski definition) is 0. The Kier molecular flexibility index (Phi) is 5.46. The van der Waals surface area contributed by atoms with Crippen LogP contribution in [0.3, 0.4) is 0 Å². The molecular formula is C8H12BF8N. The normalized spacial score (nSPS) is 26.2. The molecule has 1 nitrogen and oxygen atoms in total. The molecule has 0 N–H and O–H groups in total. The van der Waals surface area contributed by atoms with Crippen LogP contribution in [-0.2, 0) is 0 Å². The molecule has 2 saturated heterocycles. The molecule has 2 aliphatic heterocycles. The lowest BCUT2D eigenvalue weighted by Crippen LogP contribution is -3.00. The summed E-state index contributed by atoms with van der Waals surface area (Å²) in [6.07, 6.45) is 1.60. The van der Waals surface area contributed by atoms with E-state index in [1.165, 1.54) is 0 Å². The van der Waals surface area contributed by atoms with Gasteiger partial charge in [0.1, 0.15) is 0 Å². The van der Waals surface area contributed by atoms with Gasteiger partial charge in [-0.1, -0.05) is 0 Å². The molecule has 0 aromatic rings. The third kappa shape index (κ3) is 3.73. The average molecular weight is 285 g/mol. The first-order valence-corrected chi connectivity index (χ1v) is 5.13. The molecule has 2 rings (SSSR count). The standard InChI is InChI=1S/C8H12F4N.BF3.FH/c9-7(10)5-13(3-1-2-4-13)6-8(7,11)12;2-1(3)4;/h1-6H2;;1H/q+1;;/p-1. The van der Waals surface area contributed by atoms with E-state index in [9.17, 15) is 30.5 Å². The number of hydrogen-bond acceptors (Lipinski definition) is 0. The van der Waals surface area contributed by atoms with Crippen LogP contribution in [0.15, 0.2) is 0 Å². The van der Waals surface area contributed by atoms with Crippen LogP contribution in [-0.4, -0.2) is 50.1 Å².